The maximum atomic E-state index is 13.1. The monoisotopic (exact) mass is 294 g/mol. The number of morpholine rings is 1. The molecule has 1 aromatic carbocycles. The molecule has 21 heavy (non-hydrogen) atoms. The van der Waals surface area contributed by atoms with Crippen LogP contribution in [0.1, 0.15) is 33.3 Å². The smallest absolute Gasteiger partial charge is 0.123 e. The Morgan fingerprint density at radius 2 is 2.00 bits per heavy atom. The summed E-state index contributed by atoms with van der Waals surface area (Å²) in [4.78, 5) is 2.42. The number of halogens is 1. The molecule has 1 aromatic rings. The zero-order valence-corrected chi connectivity index (χ0v) is 13.5. The third-order valence-corrected chi connectivity index (χ3v) is 4.27. The molecule has 3 nitrogen and oxygen atoms in total. The average Bonchev–Trinajstić information content (AvgIpc) is 2.39. The summed E-state index contributed by atoms with van der Waals surface area (Å²) >= 11 is 0. The van der Waals surface area contributed by atoms with Crippen LogP contribution in [0.4, 0.5) is 4.39 Å². The van der Waals surface area contributed by atoms with Crippen LogP contribution in [0.25, 0.3) is 0 Å². The van der Waals surface area contributed by atoms with Crippen LogP contribution in [0.5, 0.6) is 0 Å². The summed E-state index contributed by atoms with van der Waals surface area (Å²) in [6.07, 6.45) is 1.000. The van der Waals surface area contributed by atoms with Crippen LogP contribution in [-0.2, 0) is 11.2 Å². The molecule has 1 aliphatic rings. The van der Waals surface area contributed by atoms with Crippen LogP contribution in [0.2, 0.25) is 0 Å². The lowest BCUT2D eigenvalue weighted by Crippen LogP contribution is -2.62. The number of benzene rings is 1. The van der Waals surface area contributed by atoms with Gasteiger partial charge >= 0.3 is 0 Å². The Morgan fingerprint density at radius 3 is 2.52 bits per heavy atom. The van der Waals surface area contributed by atoms with Crippen molar-refractivity contribution >= 4 is 0 Å². The SMILES string of the molecule is CC1CN(C(C)(CN)Cc2ccc(F)cc2)CC(C)(C)O1. The highest BCUT2D eigenvalue weighted by Gasteiger charge is 2.40. The minimum atomic E-state index is -0.200. The molecule has 0 bridgehead atoms. The molecule has 2 N–H and O–H groups in total. The lowest BCUT2D eigenvalue weighted by molar-refractivity contribution is -0.150. The van der Waals surface area contributed by atoms with E-state index in [1.165, 1.54) is 12.1 Å². The van der Waals surface area contributed by atoms with Crippen LogP contribution in [-0.4, -0.2) is 41.8 Å². The van der Waals surface area contributed by atoms with Crippen molar-refractivity contribution in [3.8, 4) is 0 Å². The van der Waals surface area contributed by atoms with E-state index in [0.717, 1.165) is 25.1 Å². The molecule has 4 heteroatoms. The Kier molecular flexibility index (Phi) is 4.71. The number of rotatable bonds is 4. The summed E-state index contributed by atoms with van der Waals surface area (Å²) < 4.78 is 19.0. The van der Waals surface area contributed by atoms with E-state index in [-0.39, 0.29) is 23.1 Å². The Bertz CT molecular complexity index is 474. The van der Waals surface area contributed by atoms with Gasteiger partial charge in [0.25, 0.3) is 0 Å². The summed E-state index contributed by atoms with van der Waals surface area (Å²) in [6.45, 7) is 10.8. The lowest BCUT2D eigenvalue weighted by atomic mass is 9.88. The van der Waals surface area contributed by atoms with Gasteiger partial charge < -0.3 is 10.5 Å². The van der Waals surface area contributed by atoms with Crippen molar-refractivity contribution in [2.45, 2.75) is 51.4 Å². The predicted molar refractivity (Wildman–Crippen MR) is 83.8 cm³/mol. The Labute approximate surface area is 127 Å². The number of nitrogens with zero attached hydrogens (tertiary/aromatic N) is 1. The van der Waals surface area contributed by atoms with Crippen LogP contribution >= 0.6 is 0 Å². The van der Waals surface area contributed by atoms with Gasteiger partial charge in [-0.2, -0.15) is 0 Å². The highest BCUT2D eigenvalue weighted by Crippen LogP contribution is 2.29. The van der Waals surface area contributed by atoms with Gasteiger partial charge in [0, 0.05) is 25.2 Å². The van der Waals surface area contributed by atoms with Gasteiger partial charge in [-0.25, -0.2) is 4.39 Å². The van der Waals surface area contributed by atoms with E-state index < -0.39 is 0 Å². The maximum absolute atomic E-state index is 13.1. The van der Waals surface area contributed by atoms with E-state index in [0.29, 0.717) is 6.54 Å². The first-order valence-electron chi connectivity index (χ1n) is 7.61. The minimum Gasteiger partial charge on any atom is -0.370 e. The number of hydrogen-bond acceptors (Lipinski definition) is 3. The molecule has 0 aliphatic carbocycles. The number of ether oxygens (including phenoxy) is 1. The molecule has 2 rings (SSSR count). The van der Waals surface area contributed by atoms with Gasteiger partial charge in [0.05, 0.1) is 11.7 Å². The zero-order valence-electron chi connectivity index (χ0n) is 13.5. The minimum absolute atomic E-state index is 0.146. The third-order valence-electron chi connectivity index (χ3n) is 4.27. The fraction of sp³-hybridized carbons (Fsp3) is 0.647. The lowest BCUT2D eigenvalue weighted by Gasteiger charge is -2.50. The van der Waals surface area contributed by atoms with Crippen molar-refractivity contribution in [1.82, 2.24) is 4.90 Å². The molecule has 0 aromatic heterocycles. The van der Waals surface area contributed by atoms with Crippen molar-refractivity contribution in [3.05, 3.63) is 35.6 Å². The van der Waals surface area contributed by atoms with Gasteiger partial charge in [-0.3, -0.25) is 4.90 Å². The summed E-state index contributed by atoms with van der Waals surface area (Å²) in [7, 11) is 0. The quantitative estimate of drug-likeness (QED) is 0.927. The van der Waals surface area contributed by atoms with Crippen molar-refractivity contribution in [1.29, 1.82) is 0 Å². The van der Waals surface area contributed by atoms with E-state index in [1.54, 1.807) is 0 Å². The van der Waals surface area contributed by atoms with Crippen molar-refractivity contribution in [3.63, 3.8) is 0 Å². The molecular formula is C17H27FN2O. The molecular weight excluding hydrogens is 267 g/mol. The molecule has 1 fully saturated rings. The first-order chi connectivity index (χ1) is 9.74. The average molecular weight is 294 g/mol. The van der Waals surface area contributed by atoms with Gasteiger partial charge in [0.1, 0.15) is 5.82 Å². The van der Waals surface area contributed by atoms with Crippen molar-refractivity contribution < 1.29 is 9.13 Å². The molecule has 0 saturated carbocycles. The van der Waals surface area contributed by atoms with Gasteiger partial charge in [-0.1, -0.05) is 12.1 Å². The molecule has 118 valence electrons. The molecule has 0 amide bonds. The van der Waals surface area contributed by atoms with Crippen LogP contribution in [0.15, 0.2) is 24.3 Å². The fourth-order valence-electron chi connectivity index (χ4n) is 3.22. The molecule has 1 aliphatic heterocycles. The second-order valence-corrected chi connectivity index (χ2v) is 7.07. The third kappa shape index (κ3) is 4.02. The molecule has 0 radical (unpaired) electrons. The summed E-state index contributed by atoms with van der Waals surface area (Å²) in [5, 5.41) is 0. The standard InChI is InChI=1S/C17H27FN2O/c1-13-10-20(12-16(2,3)21-13)17(4,11-19)9-14-5-7-15(18)8-6-14/h5-8,13H,9-12,19H2,1-4H3. The predicted octanol–water partition coefficient (Wildman–Crippen LogP) is 2.58. The second-order valence-electron chi connectivity index (χ2n) is 7.07. The van der Waals surface area contributed by atoms with E-state index in [4.69, 9.17) is 10.5 Å². The van der Waals surface area contributed by atoms with Gasteiger partial charge in [0.2, 0.25) is 0 Å². The molecule has 2 unspecified atom stereocenters. The van der Waals surface area contributed by atoms with E-state index in [1.807, 2.05) is 12.1 Å². The highest BCUT2D eigenvalue weighted by molar-refractivity contribution is 5.19. The Balaban J connectivity index is 2.17. The molecule has 1 heterocycles. The second kappa shape index (κ2) is 6.03. The van der Waals surface area contributed by atoms with Gasteiger partial charge in [-0.15, -0.1) is 0 Å². The topological polar surface area (TPSA) is 38.5 Å². The number of nitrogens with two attached hydrogens (primary N) is 1. The normalized spacial score (nSPS) is 25.5. The molecule has 2 atom stereocenters. The fourth-order valence-corrected chi connectivity index (χ4v) is 3.22. The maximum Gasteiger partial charge on any atom is 0.123 e. The Morgan fingerprint density at radius 1 is 1.38 bits per heavy atom. The van der Waals surface area contributed by atoms with E-state index in [9.17, 15) is 4.39 Å². The number of hydrogen-bond donors (Lipinski definition) is 1. The Hall–Kier alpha value is -0.970. The van der Waals surface area contributed by atoms with Crippen LogP contribution < -0.4 is 5.73 Å². The van der Waals surface area contributed by atoms with E-state index >= 15 is 0 Å². The van der Waals surface area contributed by atoms with E-state index in [2.05, 4.69) is 32.6 Å². The first kappa shape index (κ1) is 16.4. The largest absolute Gasteiger partial charge is 0.370 e. The van der Waals surface area contributed by atoms with Crippen LogP contribution in [0.3, 0.4) is 0 Å². The van der Waals surface area contributed by atoms with Gasteiger partial charge in [0.15, 0.2) is 0 Å². The zero-order chi connectivity index (χ0) is 15.7. The van der Waals surface area contributed by atoms with Crippen molar-refractivity contribution in [2.24, 2.45) is 5.73 Å². The summed E-state index contributed by atoms with van der Waals surface area (Å²) in [5.74, 6) is -0.200. The first-order valence-corrected chi connectivity index (χ1v) is 7.61. The summed E-state index contributed by atoms with van der Waals surface area (Å²) in [6, 6.07) is 6.72. The summed E-state index contributed by atoms with van der Waals surface area (Å²) in [5.41, 5.74) is 6.89. The highest BCUT2D eigenvalue weighted by atomic mass is 19.1. The molecule has 0 spiro atoms. The van der Waals surface area contributed by atoms with Gasteiger partial charge in [-0.05, 0) is 51.8 Å². The van der Waals surface area contributed by atoms with Crippen molar-refractivity contribution in [2.75, 3.05) is 19.6 Å². The molecule has 1 saturated heterocycles. The van der Waals surface area contributed by atoms with Crippen LogP contribution in [0, 0.1) is 5.82 Å².